The van der Waals surface area contributed by atoms with Crippen LogP contribution in [0, 0.1) is 12.1 Å². The molecular formula is C10H13NO. The molecule has 1 unspecified atom stereocenters. The van der Waals surface area contributed by atoms with Crippen molar-refractivity contribution in [1.29, 1.82) is 0 Å². The maximum Gasteiger partial charge on any atom is 0.136 e. The van der Waals surface area contributed by atoms with Gasteiger partial charge in [0, 0.05) is 12.0 Å². The van der Waals surface area contributed by atoms with E-state index >= 15 is 0 Å². The third-order valence-electron chi connectivity index (χ3n) is 2.55. The van der Waals surface area contributed by atoms with E-state index in [1.165, 1.54) is 11.1 Å². The Morgan fingerprint density at radius 3 is 2.92 bits per heavy atom. The molecule has 0 saturated carbocycles. The molecule has 0 radical (unpaired) electrons. The Kier molecular flexibility index (Phi) is 1.50. The Morgan fingerprint density at radius 1 is 1.42 bits per heavy atom. The molecule has 0 fully saturated rings. The molecule has 2 rings (SSSR count). The van der Waals surface area contributed by atoms with E-state index in [9.17, 15) is 5.21 Å². The highest BCUT2D eigenvalue weighted by molar-refractivity contribution is 5.55. The van der Waals surface area contributed by atoms with Crippen LogP contribution in [-0.2, 0) is 6.42 Å². The first-order chi connectivity index (χ1) is 5.59. The number of quaternary nitrogens is 1. The lowest BCUT2D eigenvalue weighted by Gasteiger charge is -2.33. The van der Waals surface area contributed by atoms with Gasteiger partial charge in [0.1, 0.15) is 5.69 Å². The standard InChI is InChI=1S/C10H13NO/c1-8-3-4-10-9(7-8)5-6-11(10,2)12/h3-4,7H,5-6H2,1-2H3. The fraction of sp³-hybridized carbons (Fsp3) is 0.400. The Hall–Kier alpha value is -0.860. The number of rotatable bonds is 0. The van der Waals surface area contributed by atoms with Gasteiger partial charge in [-0.25, -0.2) is 0 Å². The zero-order valence-corrected chi connectivity index (χ0v) is 7.50. The molecular weight excluding hydrogens is 150 g/mol. The van der Waals surface area contributed by atoms with Gasteiger partial charge in [-0.05, 0) is 19.1 Å². The van der Waals surface area contributed by atoms with Gasteiger partial charge < -0.3 is 9.85 Å². The predicted molar refractivity (Wildman–Crippen MR) is 50.8 cm³/mol. The van der Waals surface area contributed by atoms with E-state index < -0.39 is 0 Å². The molecule has 0 spiro atoms. The smallest absolute Gasteiger partial charge is 0.136 e. The Labute approximate surface area is 72.6 Å². The minimum atomic E-state index is -0.199. The third-order valence-corrected chi connectivity index (χ3v) is 2.55. The summed E-state index contributed by atoms with van der Waals surface area (Å²) in [5.41, 5.74) is 3.42. The van der Waals surface area contributed by atoms with Crippen LogP contribution < -0.4 is 4.65 Å². The van der Waals surface area contributed by atoms with Crippen LogP contribution in [-0.4, -0.2) is 13.6 Å². The molecule has 0 amide bonds. The predicted octanol–water partition coefficient (Wildman–Crippen LogP) is 1.99. The summed E-state index contributed by atoms with van der Waals surface area (Å²) in [4.78, 5) is 0. The summed E-state index contributed by atoms with van der Waals surface area (Å²) in [6.45, 7) is 2.76. The van der Waals surface area contributed by atoms with Crippen LogP contribution in [0.5, 0.6) is 0 Å². The van der Waals surface area contributed by atoms with Crippen molar-refractivity contribution >= 4 is 5.69 Å². The van der Waals surface area contributed by atoms with Crippen LogP contribution in [0.1, 0.15) is 11.1 Å². The largest absolute Gasteiger partial charge is 0.628 e. The van der Waals surface area contributed by atoms with Gasteiger partial charge >= 0.3 is 0 Å². The molecule has 0 aromatic heterocycles. The van der Waals surface area contributed by atoms with Gasteiger partial charge in [-0.15, -0.1) is 0 Å². The van der Waals surface area contributed by atoms with Crippen LogP contribution in [0.4, 0.5) is 5.69 Å². The molecule has 12 heavy (non-hydrogen) atoms. The average molecular weight is 163 g/mol. The van der Waals surface area contributed by atoms with Crippen LogP contribution in [0.2, 0.25) is 0 Å². The zero-order valence-electron chi connectivity index (χ0n) is 7.50. The van der Waals surface area contributed by atoms with Gasteiger partial charge in [0.15, 0.2) is 0 Å². The Morgan fingerprint density at radius 2 is 2.17 bits per heavy atom. The minimum Gasteiger partial charge on any atom is -0.628 e. The first-order valence-electron chi connectivity index (χ1n) is 4.26. The summed E-state index contributed by atoms with van der Waals surface area (Å²) >= 11 is 0. The van der Waals surface area contributed by atoms with Crippen molar-refractivity contribution in [1.82, 2.24) is 4.65 Å². The summed E-state index contributed by atoms with van der Waals surface area (Å²) in [6.07, 6.45) is 0.928. The molecule has 2 nitrogen and oxygen atoms in total. The van der Waals surface area contributed by atoms with Gasteiger partial charge in [0.25, 0.3) is 0 Å². The van der Waals surface area contributed by atoms with Gasteiger partial charge in [-0.1, -0.05) is 11.6 Å². The van der Waals surface area contributed by atoms with Gasteiger partial charge in [0.05, 0.1) is 13.6 Å². The van der Waals surface area contributed by atoms with E-state index in [2.05, 4.69) is 13.0 Å². The number of hydrogen-bond donors (Lipinski definition) is 0. The topological polar surface area (TPSA) is 23.1 Å². The van der Waals surface area contributed by atoms with Crippen LogP contribution in [0.3, 0.4) is 0 Å². The van der Waals surface area contributed by atoms with Gasteiger partial charge in [0.2, 0.25) is 0 Å². The maximum atomic E-state index is 11.8. The van der Waals surface area contributed by atoms with Gasteiger partial charge in [-0.3, -0.25) is 0 Å². The first kappa shape index (κ1) is 7.77. The molecule has 0 saturated heterocycles. The fourth-order valence-electron chi connectivity index (χ4n) is 1.83. The normalized spacial score (nSPS) is 27.2. The summed E-state index contributed by atoms with van der Waals surface area (Å²) in [5, 5.41) is 11.8. The molecule has 1 heterocycles. The van der Waals surface area contributed by atoms with Gasteiger partial charge in [-0.2, -0.15) is 0 Å². The number of nitrogens with zero attached hydrogens (tertiary/aromatic N) is 1. The van der Waals surface area contributed by atoms with Crippen molar-refractivity contribution in [3.8, 4) is 0 Å². The molecule has 1 aliphatic heterocycles. The molecule has 1 aromatic rings. The highest BCUT2D eigenvalue weighted by atomic mass is 16.5. The highest BCUT2D eigenvalue weighted by Gasteiger charge is 2.25. The number of aryl methyl sites for hydroxylation is 1. The lowest BCUT2D eigenvalue weighted by atomic mass is 10.1. The van der Waals surface area contributed by atoms with Crippen molar-refractivity contribution in [2.75, 3.05) is 13.6 Å². The van der Waals surface area contributed by atoms with E-state index in [1.54, 1.807) is 7.05 Å². The molecule has 0 aliphatic carbocycles. The number of fused-ring (bicyclic) bond motifs is 1. The van der Waals surface area contributed by atoms with Crippen molar-refractivity contribution in [2.45, 2.75) is 13.3 Å². The SMILES string of the molecule is Cc1ccc2c(c1)CC[N+]2(C)[O-]. The van der Waals surface area contributed by atoms with Crippen LogP contribution >= 0.6 is 0 Å². The molecule has 1 atom stereocenters. The quantitative estimate of drug-likeness (QED) is 0.423. The zero-order chi connectivity index (χ0) is 8.77. The third kappa shape index (κ3) is 1.04. The summed E-state index contributed by atoms with van der Waals surface area (Å²) in [7, 11) is 1.72. The number of likely N-dealkylation sites (N-methyl/N-ethyl adjacent to an activating group) is 1. The van der Waals surface area contributed by atoms with E-state index in [0.29, 0.717) is 6.54 Å². The molecule has 64 valence electrons. The van der Waals surface area contributed by atoms with Crippen LogP contribution in [0.15, 0.2) is 18.2 Å². The van der Waals surface area contributed by atoms with E-state index in [-0.39, 0.29) is 4.65 Å². The number of hydroxylamine groups is 2. The van der Waals surface area contributed by atoms with Crippen LogP contribution in [0.25, 0.3) is 0 Å². The number of benzene rings is 1. The van der Waals surface area contributed by atoms with E-state index in [1.807, 2.05) is 12.1 Å². The average Bonchev–Trinajstić information content (AvgIpc) is 2.27. The second-order valence-electron chi connectivity index (χ2n) is 3.71. The molecule has 1 aromatic carbocycles. The molecule has 1 aliphatic rings. The summed E-state index contributed by atoms with van der Waals surface area (Å²) < 4.78 is -0.199. The lowest BCUT2D eigenvalue weighted by Crippen LogP contribution is -2.35. The van der Waals surface area contributed by atoms with Crippen molar-refractivity contribution < 1.29 is 0 Å². The minimum absolute atomic E-state index is 0.199. The maximum absolute atomic E-state index is 11.8. The van der Waals surface area contributed by atoms with Crippen molar-refractivity contribution in [3.05, 3.63) is 34.5 Å². The second kappa shape index (κ2) is 2.31. The van der Waals surface area contributed by atoms with E-state index in [0.717, 1.165) is 12.1 Å². The highest BCUT2D eigenvalue weighted by Crippen LogP contribution is 2.32. The van der Waals surface area contributed by atoms with Crippen molar-refractivity contribution in [3.63, 3.8) is 0 Å². The molecule has 0 bridgehead atoms. The van der Waals surface area contributed by atoms with Crippen molar-refractivity contribution in [2.24, 2.45) is 0 Å². The monoisotopic (exact) mass is 163 g/mol. The number of hydrogen-bond acceptors (Lipinski definition) is 1. The second-order valence-corrected chi connectivity index (χ2v) is 3.71. The molecule has 2 heteroatoms. The Balaban J connectivity index is 2.55. The first-order valence-corrected chi connectivity index (χ1v) is 4.26. The summed E-state index contributed by atoms with van der Waals surface area (Å²) in [5.74, 6) is 0. The fourth-order valence-corrected chi connectivity index (χ4v) is 1.83. The Bertz CT molecular complexity index is 318. The summed E-state index contributed by atoms with van der Waals surface area (Å²) in [6, 6.07) is 6.10. The lowest BCUT2D eigenvalue weighted by molar-refractivity contribution is 0.483. The molecule has 0 N–H and O–H groups in total. The van der Waals surface area contributed by atoms with E-state index in [4.69, 9.17) is 0 Å².